The van der Waals surface area contributed by atoms with Crippen LogP contribution < -0.4 is 10.1 Å². The number of methoxy groups -OCH3 is 1. The first-order valence-corrected chi connectivity index (χ1v) is 6.96. The lowest BCUT2D eigenvalue weighted by molar-refractivity contribution is 0.403. The summed E-state index contributed by atoms with van der Waals surface area (Å²) in [6.45, 7) is 3.06. The Balaban J connectivity index is 2.18. The summed E-state index contributed by atoms with van der Waals surface area (Å²) in [4.78, 5) is 5.42. The molecule has 2 aromatic rings. The van der Waals surface area contributed by atoms with Gasteiger partial charge >= 0.3 is 0 Å². The van der Waals surface area contributed by atoms with Crippen molar-refractivity contribution in [1.82, 2.24) is 10.3 Å². The summed E-state index contributed by atoms with van der Waals surface area (Å²) in [5, 5.41) is 5.58. The molecule has 0 aromatic carbocycles. The minimum atomic E-state index is 0.286. The maximum absolute atomic E-state index is 5.41. The van der Waals surface area contributed by atoms with Crippen molar-refractivity contribution in [2.24, 2.45) is 0 Å². The smallest absolute Gasteiger partial charge is 0.134 e. The van der Waals surface area contributed by atoms with Crippen molar-refractivity contribution >= 4 is 11.3 Å². The number of aromatic nitrogens is 1. The van der Waals surface area contributed by atoms with E-state index in [1.54, 1.807) is 24.6 Å². The number of nitrogens with zero attached hydrogens (tertiary/aromatic N) is 1. The summed E-state index contributed by atoms with van der Waals surface area (Å²) in [5.41, 5.74) is 1.24. The minimum absolute atomic E-state index is 0.286. The molecule has 0 saturated carbocycles. The molecule has 96 valence electrons. The molecule has 0 radical (unpaired) electrons. The average molecular weight is 262 g/mol. The Bertz CT molecular complexity index is 470. The van der Waals surface area contributed by atoms with Gasteiger partial charge in [-0.25, -0.2) is 0 Å². The van der Waals surface area contributed by atoms with Crippen molar-refractivity contribution < 1.29 is 4.74 Å². The SMILES string of the molecule is CCNC(Cc1cccnc1)c1sccc1OC. The third kappa shape index (κ3) is 3.09. The van der Waals surface area contributed by atoms with Crippen LogP contribution in [-0.2, 0) is 6.42 Å². The van der Waals surface area contributed by atoms with Gasteiger partial charge in [0, 0.05) is 18.4 Å². The highest BCUT2D eigenvalue weighted by Crippen LogP contribution is 2.32. The van der Waals surface area contributed by atoms with Crippen LogP contribution >= 0.6 is 11.3 Å². The van der Waals surface area contributed by atoms with E-state index in [1.165, 1.54) is 10.4 Å². The van der Waals surface area contributed by atoms with E-state index in [0.29, 0.717) is 0 Å². The Morgan fingerprint density at radius 3 is 3.00 bits per heavy atom. The molecule has 0 spiro atoms. The normalized spacial score (nSPS) is 12.3. The van der Waals surface area contributed by atoms with Crippen LogP contribution in [0.5, 0.6) is 5.75 Å². The fraction of sp³-hybridized carbons (Fsp3) is 0.357. The third-order valence-corrected chi connectivity index (χ3v) is 3.82. The Morgan fingerprint density at radius 1 is 1.44 bits per heavy atom. The lowest BCUT2D eigenvalue weighted by Crippen LogP contribution is -2.22. The summed E-state index contributed by atoms with van der Waals surface area (Å²) in [6, 6.07) is 6.39. The van der Waals surface area contributed by atoms with E-state index in [0.717, 1.165) is 18.7 Å². The number of ether oxygens (including phenoxy) is 1. The van der Waals surface area contributed by atoms with E-state index in [1.807, 2.05) is 18.3 Å². The van der Waals surface area contributed by atoms with Crippen LogP contribution in [0.15, 0.2) is 36.0 Å². The number of pyridine rings is 1. The van der Waals surface area contributed by atoms with Gasteiger partial charge in [-0.05, 0) is 36.0 Å². The molecule has 1 N–H and O–H groups in total. The molecule has 0 bridgehead atoms. The summed E-state index contributed by atoms with van der Waals surface area (Å²) in [5.74, 6) is 0.967. The molecule has 0 aliphatic heterocycles. The molecule has 0 aliphatic rings. The maximum atomic E-state index is 5.41. The number of rotatable bonds is 6. The Labute approximate surface area is 112 Å². The van der Waals surface area contributed by atoms with Crippen LogP contribution in [0.4, 0.5) is 0 Å². The molecule has 0 aliphatic carbocycles. The Morgan fingerprint density at radius 2 is 2.33 bits per heavy atom. The lowest BCUT2D eigenvalue weighted by atomic mass is 10.1. The van der Waals surface area contributed by atoms with E-state index in [9.17, 15) is 0 Å². The average Bonchev–Trinajstić information content (AvgIpc) is 2.87. The third-order valence-electron chi connectivity index (χ3n) is 2.81. The topological polar surface area (TPSA) is 34.2 Å². The van der Waals surface area contributed by atoms with Crippen molar-refractivity contribution in [3.8, 4) is 5.75 Å². The van der Waals surface area contributed by atoms with Gasteiger partial charge in [-0.3, -0.25) is 4.98 Å². The zero-order valence-electron chi connectivity index (χ0n) is 10.7. The molecule has 0 fully saturated rings. The van der Waals surface area contributed by atoms with E-state index < -0.39 is 0 Å². The van der Waals surface area contributed by atoms with Crippen molar-refractivity contribution in [2.45, 2.75) is 19.4 Å². The van der Waals surface area contributed by atoms with Gasteiger partial charge in [0.05, 0.1) is 12.0 Å². The van der Waals surface area contributed by atoms with Crippen LogP contribution in [0.1, 0.15) is 23.4 Å². The second-order valence-electron chi connectivity index (χ2n) is 4.03. The molecule has 4 heteroatoms. The Kier molecular flexibility index (Phi) is 4.73. The highest BCUT2D eigenvalue weighted by atomic mass is 32.1. The monoisotopic (exact) mass is 262 g/mol. The van der Waals surface area contributed by atoms with E-state index in [4.69, 9.17) is 4.74 Å². The first kappa shape index (κ1) is 13.1. The van der Waals surface area contributed by atoms with Crippen molar-refractivity contribution in [1.29, 1.82) is 0 Å². The van der Waals surface area contributed by atoms with Crippen molar-refractivity contribution in [3.63, 3.8) is 0 Å². The van der Waals surface area contributed by atoms with Gasteiger partial charge in [-0.2, -0.15) is 0 Å². The van der Waals surface area contributed by atoms with E-state index >= 15 is 0 Å². The number of nitrogens with one attached hydrogen (secondary N) is 1. The molecule has 0 saturated heterocycles. The van der Waals surface area contributed by atoms with Crippen LogP contribution in [0, 0.1) is 0 Å². The molecule has 1 atom stereocenters. The molecule has 2 rings (SSSR count). The first-order valence-electron chi connectivity index (χ1n) is 6.08. The quantitative estimate of drug-likeness (QED) is 0.869. The van der Waals surface area contributed by atoms with Gasteiger partial charge in [0.2, 0.25) is 0 Å². The Hall–Kier alpha value is -1.39. The highest BCUT2D eigenvalue weighted by molar-refractivity contribution is 7.10. The molecule has 1 unspecified atom stereocenters. The van der Waals surface area contributed by atoms with Crippen LogP contribution in [0.25, 0.3) is 0 Å². The standard InChI is InChI=1S/C14H18N2OS/c1-3-16-12(9-11-5-4-7-15-10-11)14-13(17-2)6-8-18-14/h4-8,10,12,16H,3,9H2,1-2H3. The molecule has 18 heavy (non-hydrogen) atoms. The van der Waals surface area contributed by atoms with Crippen molar-refractivity contribution in [2.75, 3.05) is 13.7 Å². The van der Waals surface area contributed by atoms with Crippen molar-refractivity contribution in [3.05, 3.63) is 46.4 Å². The number of thiophene rings is 1. The summed E-state index contributed by atoms with van der Waals surface area (Å²) < 4.78 is 5.41. The number of hydrogen-bond acceptors (Lipinski definition) is 4. The van der Waals surface area contributed by atoms with Gasteiger partial charge < -0.3 is 10.1 Å². The maximum Gasteiger partial charge on any atom is 0.134 e. The summed E-state index contributed by atoms with van der Waals surface area (Å²) >= 11 is 1.73. The van der Waals surface area contributed by atoms with Crippen LogP contribution in [0.2, 0.25) is 0 Å². The van der Waals surface area contributed by atoms with Gasteiger partial charge in [-0.1, -0.05) is 13.0 Å². The number of hydrogen-bond donors (Lipinski definition) is 1. The summed E-state index contributed by atoms with van der Waals surface area (Å²) in [7, 11) is 1.72. The van der Waals surface area contributed by atoms with Gasteiger partial charge in [-0.15, -0.1) is 11.3 Å². The predicted octanol–water partition coefficient (Wildman–Crippen LogP) is 3.05. The second kappa shape index (κ2) is 6.52. The highest BCUT2D eigenvalue weighted by Gasteiger charge is 2.17. The molecule has 2 heterocycles. The zero-order chi connectivity index (χ0) is 12.8. The predicted molar refractivity (Wildman–Crippen MR) is 75.2 cm³/mol. The fourth-order valence-electron chi connectivity index (χ4n) is 1.99. The van der Waals surface area contributed by atoms with Gasteiger partial charge in [0.25, 0.3) is 0 Å². The van der Waals surface area contributed by atoms with Crippen LogP contribution in [0.3, 0.4) is 0 Å². The molecule has 2 aromatic heterocycles. The molecule has 0 amide bonds. The summed E-state index contributed by atoms with van der Waals surface area (Å²) in [6.07, 6.45) is 4.65. The van der Waals surface area contributed by atoms with Crippen LogP contribution in [-0.4, -0.2) is 18.6 Å². The lowest BCUT2D eigenvalue weighted by Gasteiger charge is -2.17. The minimum Gasteiger partial charge on any atom is -0.496 e. The fourth-order valence-corrected chi connectivity index (χ4v) is 2.93. The largest absolute Gasteiger partial charge is 0.496 e. The van der Waals surface area contributed by atoms with E-state index in [-0.39, 0.29) is 6.04 Å². The molecular formula is C14H18N2OS. The second-order valence-corrected chi connectivity index (χ2v) is 4.98. The molecule has 3 nitrogen and oxygen atoms in total. The van der Waals surface area contributed by atoms with E-state index in [2.05, 4.69) is 28.7 Å². The van der Waals surface area contributed by atoms with Gasteiger partial charge in [0.1, 0.15) is 5.75 Å². The van der Waals surface area contributed by atoms with Gasteiger partial charge in [0.15, 0.2) is 0 Å². The first-order chi connectivity index (χ1) is 8.85. The molecular weight excluding hydrogens is 244 g/mol. The zero-order valence-corrected chi connectivity index (χ0v) is 11.5. The number of likely N-dealkylation sites (N-methyl/N-ethyl adjacent to an activating group) is 1.